The predicted octanol–water partition coefficient (Wildman–Crippen LogP) is 16.4. The highest BCUT2D eigenvalue weighted by Gasteiger charge is 2.14. The first-order chi connectivity index (χ1) is 32.1. The molecule has 10 aromatic rings. The molecule has 10 rings (SSSR count). The molecule has 0 saturated carbocycles. The van der Waals surface area contributed by atoms with E-state index in [0.29, 0.717) is 11.1 Å². The van der Waals surface area contributed by atoms with E-state index in [-0.39, 0.29) is 0 Å². The molecule has 7 nitrogen and oxygen atoms in total. The van der Waals surface area contributed by atoms with Gasteiger partial charge >= 0.3 is 0 Å². The highest BCUT2D eigenvalue weighted by Crippen LogP contribution is 2.37. The zero-order valence-electron chi connectivity index (χ0n) is 37.0. The molecular formula is C58H47BrN2O5. The summed E-state index contributed by atoms with van der Waals surface area (Å²) in [6.45, 7) is 6.28. The van der Waals surface area contributed by atoms with E-state index in [4.69, 9.17) is 13.6 Å². The average Bonchev–Trinajstić information content (AvgIpc) is 3.99. The van der Waals surface area contributed by atoms with Crippen molar-refractivity contribution in [2.24, 2.45) is 0 Å². The first-order valence-electron chi connectivity index (χ1n) is 21.4. The van der Waals surface area contributed by atoms with Crippen LogP contribution in [0.3, 0.4) is 0 Å². The summed E-state index contributed by atoms with van der Waals surface area (Å²) >= 11 is 3.40. The van der Waals surface area contributed by atoms with Gasteiger partial charge in [-0.15, -0.1) is 0 Å². The van der Waals surface area contributed by atoms with E-state index in [1.54, 1.807) is 31.4 Å². The van der Waals surface area contributed by atoms with Crippen molar-refractivity contribution in [1.29, 1.82) is 0 Å². The molecule has 8 aromatic carbocycles. The number of methoxy groups -OCH3 is 1. The Morgan fingerprint density at radius 2 is 0.848 bits per heavy atom. The summed E-state index contributed by atoms with van der Waals surface area (Å²) in [6.07, 6.45) is 1.66. The van der Waals surface area contributed by atoms with Crippen molar-refractivity contribution in [3.05, 3.63) is 226 Å². The lowest BCUT2D eigenvalue weighted by Gasteiger charge is -2.26. The summed E-state index contributed by atoms with van der Waals surface area (Å²) in [6, 6.07) is 64.5. The third kappa shape index (κ3) is 11.0. The molecule has 1 N–H and O–H groups in total. The van der Waals surface area contributed by atoms with Gasteiger partial charge in [-0.2, -0.15) is 0 Å². The van der Waals surface area contributed by atoms with Crippen LogP contribution in [-0.4, -0.2) is 19.7 Å². The van der Waals surface area contributed by atoms with E-state index in [9.17, 15) is 9.59 Å². The third-order valence-corrected chi connectivity index (χ3v) is 11.4. The van der Waals surface area contributed by atoms with Crippen LogP contribution in [0.5, 0.6) is 5.75 Å². The molecule has 0 unspecified atom stereocenters. The highest BCUT2D eigenvalue weighted by atomic mass is 79.9. The molecule has 0 radical (unpaired) electrons. The number of nitrogens with zero attached hydrogens (tertiary/aromatic N) is 1. The van der Waals surface area contributed by atoms with Gasteiger partial charge in [-0.25, -0.2) is 0 Å². The van der Waals surface area contributed by atoms with Crippen LogP contribution in [0.2, 0.25) is 0 Å². The molecular weight excluding hydrogens is 885 g/mol. The Balaban J connectivity index is 0.000000147. The molecule has 0 aliphatic heterocycles. The molecule has 0 aliphatic rings. The monoisotopic (exact) mass is 930 g/mol. The van der Waals surface area contributed by atoms with Crippen molar-refractivity contribution >= 4 is 78.9 Å². The molecule has 0 fully saturated rings. The van der Waals surface area contributed by atoms with Crippen LogP contribution in [0.4, 0.5) is 28.4 Å². The van der Waals surface area contributed by atoms with Crippen molar-refractivity contribution in [2.75, 3.05) is 17.3 Å². The second-order valence-corrected chi connectivity index (χ2v) is 16.7. The van der Waals surface area contributed by atoms with E-state index in [1.165, 1.54) is 16.7 Å². The van der Waals surface area contributed by atoms with Crippen LogP contribution < -0.4 is 15.0 Å². The summed E-state index contributed by atoms with van der Waals surface area (Å²) in [5.41, 5.74) is 13.9. The molecule has 2 aromatic heterocycles. The second-order valence-electron chi connectivity index (χ2n) is 15.8. The van der Waals surface area contributed by atoms with Gasteiger partial charge in [0, 0.05) is 65.9 Å². The normalized spacial score (nSPS) is 10.6. The number of carbonyl (C=O) groups excluding carboxylic acids is 2. The van der Waals surface area contributed by atoms with Gasteiger partial charge in [0.15, 0.2) is 0 Å². The fourth-order valence-corrected chi connectivity index (χ4v) is 7.49. The van der Waals surface area contributed by atoms with E-state index in [1.807, 2.05) is 72.8 Å². The Kier molecular flexibility index (Phi) is 14.0. The Morgan fingerprint density at radius 3 is 1.26 bits per heavy atom. The Labute approximate surface area is 393 Å². The standard InChI is InChI=1S/C29H23NO2.C15H9BrO2.C14H15NO/c1-20-3-11-25(12-4-20)30(26-13-5-21(2)6-14-26)27-15-9-23(10-16-27)29-18-24-8-7-22(19-31)17-28(24)32-29;16-13-5-3-11(4-6-13)15-8-12-2-1-10(9-17)7-14(12)18-15;1-11-3-5-12(6-4-11)15-13-7-9-14(16-2)10-8-13/h3-19H,1-2H3;1-9H;3-10,15H,1-2H3. The lowest BCUT2D eigenvalue weighted by atomic mass is 10.1. The van der Waals surface area contributed by atoms with Gasteiger partial charge in [0.05, 0.1) is 7.11 Å². The Bertz CT molecular complexity index is 3150. The van der Waals surface area contributed by atoms with Crippen LogP contribution in [0.25, 0.3) is 44.6 Å². The number of aryl methyl sites for hydroxylation is 3. The quantitative estimate of drug-likeness (QED) is 0.137. The van der Waals surface area contributed by atoms with Crippen molar-refractivity contribution in [1.82, 2.24) is 0 Å². The number of hydrogen-bond acceptors (Lipinski definition) is 7. The molecule has 2 heterocycles. The SMILES string of the molecule is COc1ccc(Nc2ccc(C)cc2)cc1.Cc1ccc(N(c2ccc(C)cc2)c2ccc(-c3cc4ccc(C=O)cc4o3)cc2)cc1.O=Cc1ccc2cc(-c3ccc(Br)cc3)oc2c1. The summed E-state index contributed by atoms with van der Waals surface area (Å²) in [5, 5.41) is 5.31. The largest absolute Gasteiger partial charge is 0.497 e. The van der Waals surface area contributed by atoms with Crippen molar-refractivity contribution in [2.45, 2.75) is 20.8 Å². The fourth-order valence-electron chi connectivity index (χ4n) is 7.23. The molecule has 0 atom stereocenters. The van der Waals surface area contributed by atoms with E-state index in [2.05, 4.69) is 144 Å². The minimum Gasteiger partial charge on any atom is -0.497 e. The smallest absolute Gasteiger partial charge is 0.150 e. The predicted molar refractivity (Wildman–Crippen MR) is 273 cm³/mol. The van der Waals surface area contributed by atoms with Crippen molar-refractivity contribution < 1.29 is 23.2 Å². The maximum Gasteiger partial charge on any atom is 0.150 e. The minimum atomic E-state index is 0.612. The topological polar surface area (TPSA) is 84.9 Å². The first kappa shape index (κ1) is 44.7. The average molecular weight is 932 g/mol. The number of anilines is 5. The molecule has 326 valence electrons. The lowest BCUT2D eigenvalue weighted by Crippen LogP contribution is -2.09. The molecule has 8 heteroatoms. The Morgan fingerprint density at radius 1 is 0.470 bits per heavy atom. The maximum absolute atomic E-state index is 11.1. The molecule has 0 aliphatic carbocycles. The zero-order chi connectivity index (χ0) is 46.0. The number of ether oxygens (including phenoxy) is 1. The van der Waals surface area contributed by atoms with Gasteiger partial charge in [-0.05, 0) is 142 Å². The van der Waals surface area contributed by atoms with E-state index in [0.717, 1.165) is 95.8 Å². The lowest BCUT2D eigenvalue weighted by molar-refractivity contribution is 0.111. The third-order valence-electron chi connectivity index (χ3n) is 10.9. The summed E-state index contributed by atoms with van der Waals surface area (Å²) in [7, 11) is 1.67. The van der Waals surface area contributed by atoms with Crippen LogP contribution in [0, 0.1) is 20.8 Å². The van der Waals surface area contributed by atoms with E-state index >= 15 is 0 Å². The zero-order valence-corrected chi connectivity index (χ0v) is 38.6. The van der Waals surface area contributed by atoms with Crippen molar-refractivity contribution in [3.8, 4) is 28.4 Å². The van der Waals surface area contributed by atoms with Crippen LogP contribution in [0.15, 0.2) is 207 Å². The van der Waals surface area contributed by atoms with Crippen LogP contribution >= 0.6 is 15.9 Å². The molecule has 0 saturated heterocycles. The number of nitrogens with one attached hydrogen (secondary N) is 1. The first-order valence-corrected chi connectivity index (χ1v) is 22.2. The summed E-state index contributed by atoms with van der Waals surface area (Å²) in [4.78, 5) is 24.0. The van der Waals surface area contributed by atoms with Crippen molar-refractivity contribution in [3.63, 3.8) is 0 Å². The van der Waals surface area contributed by atoms with Gasteiger partial charge in [-0.1, -0.05) is 105 Å². The van der Waals surface area contributed by atoms with Gasteiger partial charge in [-0.3, -0.25) is 9.59 Å². The number of hydrogen-bond donors (Lipinski definition) is 1. The molecule has 0 amide bonds. The number of rotatable bonds is 10. The van der Waals surface area contributed by atoms with Crippen LogP contribution in [0.1, 0.15) is 37.4 Å². The highest BCUT2D eigenvalue weighted by molar-refractivity contribution is 9.10. The number of benzene rings is 8. The number of furan rings is 2. The minimum absolute atomic E-state index is 0.612. The van der Waals surface area contributed by atoms with Gasteiger partial charge < -0.3 is 23.8 Å². The fraction of sp³-hybridized carbons (Fsp3) is 0.0690. The Hall–Kier alpha value is -7.94. The van der Waals surface area contributed by atoms with E-state index < -0.39 is 0 Å². The number of fused-ring (bicyclic) bond motifs is 2. The number of aldehydes is 2. The van der Waals surface area contributed by atoms with Gasteiger partial charge in [0.1, 0.15) is 41.0 Å². The molecule has 0 bridgehead atoms. The van der Waals surface area contributed by atoms with Gasteiger partial charge in [0.2, 0.25) is 0 Å². The molecule has 66 heavy (non-hydrogen) atoms. The maximum atomic E-state index is 11.1. The van der Waals surface area contributed by atoms with Gasteiger partial charge in [0.25, 0.3) is 0 Å². The summed E-state index contributed by atoms with van der Waals surface area (Å²) < 4.78 is 17.9. The summed E-state index contributed by atoms with van der Waals surface area (Å²) in [5.74, 6) is 2.46. The second kappa shape index (κ2) is 20.7. The number of carbonyl (C=O) groups is 2. The van der Waals surface area contributed by atoms with Crippen LogP contribution in [-0.2, 0) is 0 Å². The number of halogens is 1. The molecule has 0 spiro atoms.